The molecule has 0 saturated heterocycles. The Labute approximate surface area is 118 Å². The lowest BCUT2D eigenvalue weighted by Crippen LogP contribution is -2.10. The van der Waals surface area contributed by atoms with Crippen LogP contribution in [0, 0.1) is 20.2 Å². The third-order valence-electron chi connectivity index (χ3n) is 2.24. The molecule has 0 unspecified atom stereocenters. The number of nitrogens with one attached hydrogen (secondary N) is 1. The molecule has 112 valence electrons. The molecule has 0 aliphatic heterocycles. The Hall–Kier alpha value is -3.04. The fourth-order valence-corrected chi connectivity index (χ4v) is 1.27. The van der Waals surface area contributed by atoms with Crippen LogP contribution in [0.1, 0.15) is 13.8 Å². The molecule has 0 saturated carbocycles. The fourth-order valence-electron chi connectivity index (χ4n) is 1.27. The molecule has 0 heterocycles. The van der Waals surface area contributed by atoms with Crippen LogP contribution in [0.4, 0.5) is 17.1 Å². The number of nitrogens with zero attached hydrogens (tertiary/aromatic N) is 3. The first-order valence-corrected chi connectivity index (χ1v) is 5.66. The third kappa shape index (κ3) is 4.86. The summed E-state index contributed by atoms with van der Waals surface area (Å²) in [6.45, 7) is 2.72. The van der Waals surface area contributed by atoms with Crippen molar-refractivity contribution in [2.75, 3.05) is 12.0 Å². The van der Waals surface area contributed by atoms with Gasteiger partial charge in [-0.1, -0.05) is 0 Å². The molecule has 0 radical (unpaired) electrons. The van der Waals surface area contributed by atoms with E-state index in [4.69, 9.17) is 0 Å². The number of rotatable bonds is 6. The summed E-state index contributed by atoms with van der Waals surface area (Å²) in [7, 11) is 0. The van der Waals surface area contributed by atoms with E-state index in [1.807, 2.05) is 0 Å². The van der Waals surface area contributed by atoms with Crippen molar-refractivity contribution in [1.29, 1.82) is 0 Å². The lowest BCUT2D eigenvalue weighted by atomic mass is 10.2. The Morgan fingerprint density at radius 1 is 1.29 bits per heavy atom. The standard InChI is InChI=1S/C11H12N4O6/c1-7(6-21-8(2)16)12-13-10-4-3-9(14(17)18)5-11(10)15(19)20/h3-5,13H,6H2,1-2H3. The molecule has 1 aromatic carbocycles. The highest BCUT2D eigenvalue weighted by atomic mass is 16.6. The van der Waals surface area contributed by atoms with Crippen molar-refractivity contribution < 1.29 is 19.4 Å². The maximum absolute atomic E-state index is 10.9. The second kappa shape index (κ2) is 6.93. The van der Waals surface area contributed by atoms with Gasteiger partial charge in [0.25, 0.3) is 5.69 Å². The number of hydrogen-bond acceptors (Lipinski definition) is 8. The minimum absolute atomic E-state index is 0.00669. The number of benzene rings is 1. The summed E-state index contributed by atoms with van der Waals surface area (Å²) >= 11 is 0. The van der Waals surface area contributed by atoms with E-state index in [1.165, 1.54) is 13.0 Å². The average molecular weight is 296 g/mol. The van der Waals surface area contributed by atoms with Crippen LogP contribution in [0.5, 0.6) is 0 Å². The Bertz CT molecular complexity index is 613. The summed E-state index contributed by atoms with van der Waals surface area (Å²) in [6, 6.07) is 3.13. The number of carbonyl (C=O) groups excluding carboxylic acids is 1. The first kappa shape index (κ1) is 16.0. The van der Waals surface area contributed by atoms with Crippen LogP contribution in [-0.4, -0.2) is 28.1 Å². The van der Waals surface area contributed by atoms with E-state index in [0.717, 1.165) is 12.1 Å². The van der Waals surface area contributed by atoms with Crippen molar-refractivity contribution in [3.8, 4) is 0 Å². The van der Waals surface area contributed by atoms with Gasteiger partial charge in [0.1, 0.15) is 12.3 Å². The van der Waals surface area contributed by atoms with Crippen LogP contribution < -0.4 is 5.43 Å². The van der Waals surface area contributed by atoms with Gasteiger partial charge in [-0.05, 0) is 13.0 Å². The molecular weight excluding hydrogens is 284 g/mol. The SMILES string of the molecule is CC(=O)OCC(C)=NNc1ccc([N+](=O)[O-])cc1[N+](=O)[O-]. The summed E-state index contributed by atoms with van der Waals surface area (Å²) in [5, 5.41) is 25.3. The predicted molar refractivity (Wildman–Crippen MR) is 73.1 cm³/mol. The van der Waals surface area contributed by atoms with Crippen LogP contribution in [-0.2, 0) is 9.53 Å². The number of hydrazone groups is 1. The number of nitro benzene ring substituents is 2. The van der Waals surface area contributed by atoms with Crippen LogP contribution in [0.15, 0.2) is 23.3 Å². The number of esters is 1. The van der Waals surface area contributed by atoms with E-state index in [2.05, 4.69) is 15.3 Å². The molecule has 0 fully saturated rings. The van der Waals surface area contributed by atoms with Gasteiger partial charge in [0, 0.05) is 13.0 Å². The highest BCUT2D eigenvalue weighted by Gasteiger charge is 2.19. The summed E-state index contributed by atoms with van der Waals surface area (Å²) in [5.41, 5.74) is 1.91. The van der Waals surface area contributed by atoms with E-state index < -0.39 is 27.2 Å². The van der Waals surface area contributed by atoms with Gasteiger partial charge < -0.3 is 4.74 Å². The molecule has 0 aliphatic rings. The Morgan fingerprint density at radius 2 is 1.95 bits per heavy atom. The topological polar surface area (TPSA) is 137 Å². The number of ether oxygens (including phenoxy) is 1. The maximum Gasteiger partial charge on any atom is 0.303 e. The van der Waals surface area contributed by atoms with Crippen molar-refractivity contribution in [2.45, 2.75) is 13.8 Å². The van der Waals surface area contributed by atoms with Crippen molar-refractivity contribution in [3.63, 3.8) is 0 Å². The molecular formula is C11H12N4O6. The molecule has 0 aromatic heterocycles. The molecule has 21 heavy (non-hydrogen) atoms. The van der Waals surface area contributed by atoms with Crippen LogP contribution >= 0.6 is 0 Å². The lowest BCUT2D eigenvalue weighted by Gasteiger charge is -2.04. The van der Waals surface area contributed by atoms with Gasteiger partial charge in [-0.3, -0.25) is 30.4 Å². The molecule has 0 aliphatic carbocycles. The largest absolute Gasteiger partial charge is 0.460 e. The van der Waals surface area contributed by atoms with Gasteiger partial charge in [0.15, 0.2) is 0 Å². The zero-order chi connectivity index (χ0) is 16.0. The van der Waals surface area contributed by atoms with Gasteiger partial charge in [-0.15, -0.1) is 0 Å². The van der Waals surface area contributed by atoms with E-state index in [0.29, 0.717) is 5.71 Å². The average Bonchev–Trinajstić information content (AvgIpc) is 2.42. The Kier molecular flexibility index (Phi) is 5.29. The maximum atomic E-state index is 10.9. The summed E-state index contributed by atoms with van der Waals surface area (Å²) in [5.74, 6) is -0.481. The Morgan fingerprint density at radius 3 is 2.48 bits per heavy atom. The molecule has 10 heteroatoms. The van der Waals surface area contributed by atoms with Gasteiger partial charge in [0.2, 0.25) is 0 Å². The van der Waals surface area contributed by atoms with Gasteiger partial charge in [-0.2, -0.15) is 5.10 Å². The first-order chi connectivity index (χ1) is 9.81. The molecule has 1 N–H and O–H groups in total. The molecule has 0 amide bonds. The summed E-state index contributed by atoms with van der Waals surface area (Å²) < 4.78 is 4.69. The zero-order valence-corrected chi connectivity index (χ0v) is 11.2. The lowest BCUT2D eigenvalue weighted by molar-refractivity contribution is -0.393. The number of anilines is 1. The van der Waals surface area contributed by atoms with Gasteiger partial charge in [-0.25, -0.2) is 0 Å². The predicted octanol–water partition coefficient (Wildman–Crippen LogP) is 1.85. The van der Waals surface area contributed by atoms with Crippen molar-refractivity contribution in [1.82, 2.24) is 0 Å². The molecule has 0 atom stereocenters. The Balaban J connectivity index is 2.92. The highest BCUT2D eigenvalue weighted by Crippen LogP contribution is 2.28. The summed E-state index contributed by atoms with van der Waals surface area (Å²) in [4.78, 5) is 30.6. The van der Waals surface area contributed by atoms with Gasteiger partial charge >= 0.3 is 11.7 Å². The second-order valence-electron chi connectivity index (χ2n) is 3.95. The van der Waals surface area contributed by atoms with Crippen LogP contribution in [0.3, 0.4) is 0 Å². The number of carbonyl (C=O) groups is 1. The normalized spacial score (nSPS) is 10.9. The van der Waals surface area contributed by atoms with E-state index in [9.17, 15) is 25.0 Å². The van der Waals surface area contributed by atoms with E-state index in [1.54, 1.807) is 6.92 Å². The first-order valence-electron chi connectivity index (χ1n) is 5.66. The van der Waals surface area contributed by atoms with E-state index in [-0.39, 0.29) is 12.3 Å². The number of non-ortho nitro benzene ring substituents is 1. The minimum Gasteiger partial charge on any atom is -0.460 e. The number of nitro groups is 2. The molecule has 1 aromatic rings. The van der Waals surface area contributed by atoms with Crippen molar-refractivity contribution in [2.24, 2.45) is 5.10 Å². The smallest absolute Gasteiger partial charge is 0.303 e. The third-order valence-corrected chi connectivity index (χ3v) is 2.24. The monoisotopic (exact) mass is 296 g/mol. The van der Waals surface area contributed by atoms with Crippen molar-refractivity contribution in [3.05, 3.63) is 38.4 Å². The zero-order valence-electron chi connectivity index (χ0n) is 11.2. The van der Waals surface area contributed by atoms with Crippen LogP contribution in [0.25, 0.3) is 0 Å². The van der Waals surface area contributed by atoms with Gasteiger partial charge in [0.05, 0.1) is 21.6 Å². The molecule has 0 bridgehead atoms. The quantitative estimate of drug-likeness (QED) is 0.366. The van der Waals surface area contributed by atoms with Crippen LogP contribution in [0.2, 0.25) is 0 Å². The highest BCUT2D eigenvalue weighted by molar-refractivity contribution is 5.85. The minimum atomic E-state index is -0.758. The molecule has 1 rings (SSSR count). The second-order valence-corrected chi connectivity index (χ2v) is 3.95. The summed E-state index contributed by atoms with van der Waals surface area (Å²) in [6.07, 6.45) is 0. The van der Waals surface area contributed by atoms with Crippen molar-refractivity contribution >= 4 is 28.7 Å². The fraction of sp³-hybridized carbons (Fsp3) is 0.273. The molecule has 10 nitrogen and oxygen atoms in total. The molecule has 0 spiro atoms. The number of hydrogen-bond donors (Lipinski definition) is 1. The van der Waals surface area contributed by atoms with E-state index >= 15 is 0 Å².